The summed E-state index contributed by atoms with van der Waals surface area (Å²) in [4.78, 5) is 0. The van der Waals surface area contributed by atoms with E-state index in [1.165, 1.54) is 6.07 Å². The van der Waals surface area contributed by atoms with Crippen molar-refractivity contribution in [1.82, 2.24) is 5.32 Å². The molecule has 4 nitrogen and oxygen atoms in total. The third-order valence-corrected chi connectivity index (χ3v) is 3.68. The van der Waals surface area contributed by atoms with Crippen molar-refractivity contribution in [1.29, 1.82) is 0 Å². The van der Waals surface area contributed by atoms with Gasteiger partial charge in [0.05, 0.1) is 11.3 Å². The van der Waals surface area contributed by atoms with Gasteiger partial charge in [0.15, 0.2) is 0 Å². The summed E-state index contributed by atoms with van der Waals surface area (Å²) in [5.74, 6) is -0.149. The quantitative estimate of drug-likeness (QED) is 0.790. The average Bonchev–Trinajstić information content (AvgIpc) is 2.27. The average molecular weight is 296 g/mol. The van der Waals surface area contributed by atoms with Crippen LogP contribution in [-0.2, 0) is 16.2 Å². The van der Waals surface area contributed by atoms with Crippen molar-refractivity contribution in [3.05, 3.63) is 29.8 Å². The van der Waals surface area contributed by atoms with Gasteiger partial charge in [0.25, 0.3) is 0 Å². The van der Waals surface area contributed by atoms with Crippen LogP contribution in [0.1, 0.15) is 12.0 Å². The number of hydrogen-bond donors (Lipinski definition) is 2. The minimum absolute atomic E-state index is 0.0840. The van der Waals surface area contributed by atoms with Gasteiger partial charge in [-0.1, -0.05) is 6.07 Å². The van der Waals surface area contributed by atoms with Crippen LogP contribution in [0.15, 0.2) is 24.3 Å². The molecule has 0 aromatic heterocycles. The highest BCUT2D eigenvalue weighted by molar-refractivity contribution is 7.92. The Bertz CT molecular complexity index is 515. The van der Waals surface area contributed by atoms with Crippen molar-refractivity contribution in [2.24, 2.45) is 0 Å². The Labute approximate surface area is 110 Å². The highest BCUT2D eigenvalue weighted by atomic mass is 32.2. The first-order valence-electron chi connectivity index (χ1n) is 5.57. The number of hydrogen-bond acceptors (Lipinski definition) is 3. The number of rotatable bonds is 6. The lowest BCUT2D eigenvalue weighted by molar-refractivity contribution is -0.137. The van der Waals surface area contributed by atoms with Gasteiger partial charge >= 0.3 is 6.18 Å². The van der Waals surface area contributed by atoms with Crippen molar-refractivity contribution in [2.45, 2.75) is 12.6 Å². The van der Waals surface area contributed by atoms with E-state index in [1.807, 2.05) is 0 Å². The first-order valence-corrected chi connectivity index (χ1v) is 7.22. The summed E-state index contributed by atoms with van der Waals surface area (Å²) in [5, 5.41) is 2.79. The number of sulfonamides is 1. The lowest BCUT2D eigenvalue weighted by atomic mass is 10.2. The second-order valence-corrected chi connectivity index (χ2v) is 5.80. The minimum Gasteiger partial charge on any atom is -0.320 e. The molecule has 0 unspecified atom stereocenters. The molecule has 1 rings (SSSR count). The Kier molecular flexibility index (Phi) is 5.19. The van der Waals surface area contributed by atoms with Crippen molar-refractivity contribution in [3.63, 3.8) is 0 Å². The van der Waals surface area contributed by atoms with Crippen LogP contribution in [0.3, 0.4) is 0 Å². The highest BCUT2D eigenvalue weighted by Gasteiger charge is 2.30. The molecule has 0 atom stereocenters. The van der Waals surface area contributed by atoms with E-state index in [0.717, 1.165) is 18.2 Å². The number of anilines is 1. The van der Waals surface area contributed by atoms with E-state index in [2.05, 4.69) is 10.0 Å². The summed E-state index contributed by atoms with van der Waals surface area (Å²) in [6, 6.07) is 4.10. The van der Waals surface area contributed by atoms with E-state index in [4.69, 9.17) is 0 Å². The zero-order valence-corrected chi connectivity index (χ0v) is 11.1. The summed E-state index contributed by atoms with van der Waals surface area (Å²) >= 11 is 0. The lowest BCUT2D eigenvalue weighted by Crippen LogP contribution is -2.20. The maximum atomic E-state index is 12.5. The van der Waals surface area contributed by atoms with Crippen LogP contribution in [0.2, 0.25) is 0 Å². The van der Waals surface area contributed by atoms with Gasteiger partial charge < -0.3 is 5.32 Å². The summed E-state index contributed by atoms with van der Waals surface area (Å²) < 4.78 is 62.8. The van der Waals surface area contributed by atoms with E-state index < -0.39 is 21.8 Å². The van der Waals surface area contributed by atoms with Gasteiger partial charge in [-0.15, -0.1) is 0 Å². The summed E-state index contributed by atoms with van der Waals surface area (Å²) in [6.07, 6.45) is -4.11. The Morgan fingerprint density at radius 2 is 1.95 bits per heavy atom. The molecule has 19 heavy (non-hydrogen) atoms. The molecule has 108 valence electrons. The van der Waals surface area contributed by atoms with Gasteiger partial charge in [0.2, 0.25) is 10.0 Å². The Morgan fingerprint density at radius 3 is 2.53 bits per heavy atom. The smallest absolute Gasteiger partial charge is 0.320 e. The molecule has 1 aromatic rings. The van der Waals surface area contributed by atoms with E-state index in [-0.39, 0.29) is 11.4 Å². The van der Waals surface area contributed by atoms with Gasteiger partial charge in [0.1, 0.15) is 0 Å². The van der Waals surface area contributed by atoms with Gasteiger partial charge in [0, 0.05) is 5.69 Å². The molecule has 2 N–H and O–H groups in total. The van der Waals surface area contributed by atoms with Crippen molar-refractivity contribution < 1.29 is 21.6 Å². The van der Waals surface area contributed by atoms with Crippen LogP contribution in [0.25, 0.3) is 0 Å². The Hall–Kier alpha value is -1.28. The van der Waals surface area contributed by atoms with Gasteiger partial charge in [-0.25, -0.2) is 8.42 Å². The highest BCUT2D eigenvalue weighted by Crippen LogP contribution is 2.30. The van der Waals surface area contributed by atoms with Crippen molar-refractivity contribution in [2.75, 3.05) is 24.1 Å². The molecular weight excluding hydrogens is 281 g/mol. The zero-order chi connectivity index (χ0) is 14.5. The van der Waals surface area contributed by atoms with Crippen LogP contribution in [0.4, 0.5) is 18.9 Å². The Balaban J connectivity index is 2.77. The third-order valence-electron chi connectivity index (χ3n) is 2.30. The Morgan fingerprint density at radius 1 is 1.26 bits per heavy atom. The van der Waals surface area contributed by atoms with Gasteiger partial charge in [-0.3, -0.25) is 4.72 Å². The predicted octanol–water partition coefficient (Wildman–Crippen LogP) is 2.06. The number of nitrogens with one attached hydrogen (secondary N) is 2. The zero-order valence-electron chi connectivity index (χ0n) is 10.3. The van der Waals surface area contributed by atoms with Crippen LogP contribution in [0, 0.1) is 0 Å². The SMILES string of the molecule is CNCCCS(=O)(=O)Nc1cccc(C(F)(F)F)c1. The largest absolute Gasteiger partial charge is 0.416 e. The molecule has 0 spiro atoms. The molecule has 8 heteroatoms. The molecule has 0 radical (unpaired) electrons. The molecule has 0 aliphatic rings. The first-order chi connectivity index (χ1) is 8.74. The molecular formula is C11H15F3N2O2S. The van der Waals surface area contributed by atoms with E-state index in [1.54, 1.807) is 7.05 Å². The standard InChI is InChI=1S/C11H15F3N2O2S/c1-15-6-3-7-19(17,18)16-10-5-2-4-9(8-10)11(12,13)14/h2,4-5,8,15-16H,3,6-7H2,1H3. The second-order valence-electron chi connectivity index (χ2n) is 3.96. The van der Waals surface area contributed by atoms with Crippen LogP contribution < -0.4 is 10.0 Å². The van der Waals surface area contributed by atoms with Crippen molar-refractivity contribution in [3.8, 4) is 0 Å². The molecule has 1 aromatic carbocycles. The maximum Gasteiger partial charge on any atom is 0.416 e. The van der Waals surface area contributed by atoms with E-state index >= 15 is 0 Å². The minimum atomic E-state index is -4.49. The molecule has 0 fully saturated rings. The number of alkyl halides is 3. The first kappa shape index (κ1) is 15.8. The van der Waals surface area contributed by atoms with Gasteiger partial charge in [-0.2, -0.15) is 13.2 Å². The van der Waals surface area contributed by atoms with Crippen molar-refractivity contribution >= 4 is 15.7 Å². The predicted molar refractivity (Wildman–Crippen MR) is 67.4 cm³/mol. The molecule has 0 heterocycles. The fourth-order valence-electron chi connectivity index (χ4n) is 1.43. The molecule has 0 aliphatic carbocycles. The van der Waals surface area contributed by atoms with Crippen LogP contribution >= 0.6 is 0 Å². The van der Waals surface area contributed by atoms with Gasteiger partial charge in [-0.05, 0) is 38.2 Å². The molecule has 0 amide bonds. The number of halogens is 3. The third kappa shape index (κ3) is 5.48. The summed E-state index contributed by atoms with van der Waals surface area (Å²) in [7, 11) is -1.94. The summed E-state index contributed by atoms with van der Waals surface area (Å²) in [5.41, 5.74) is -0.970. The molecule has 0 bridgehead atoms. The second kappa shape index (κ2) is 6.25. The van der Waals surface area contributed by atoms with Crippen LogP contribution in [-0.4, -0.2) is 27.8 Å². The fourth-order valence-corrected chi connectivity index (χ4v) is 2.54. The molecule has 0 aliphatic heterocycles. The summed E-state index contributed by atoms with van der Waals surface area (Å²) in [6.45, 7) is 0.517. The topological polar surface area (TPSA) is 58.2 Å². The van der Waals surface area contributed by atoms with E-state index in [9.17, 15) is 21.6 Å². The molecule has 0 saturated carbocycles. The maximum absolute atomic E-state index is 12.5. The normalized spacial score (nSPS) is 12.4. The van der Waals surface area contributed by atoms with Crippen LogP contribution in [0.5, 0.6) is 0 Å². The lowest BCUT2D eigenvalue weighted by Gasteiger charge is -2.11. The van der Waals surface area contributed by atoms with E-state index in [0.29, 0.717) is 13.0 Å². The fraction of sp³-hybridized carbons (Fsp3) is 0.455. The monoisotopic (exact) mass is 296 g/mol. The molecule has 0 saturated heterocycles. The number of benzene rings is 1.